The van der Waals surface area contributed by atoms with Crippen LogP contribution in [0, 0.1) is 12.3 Å². The number of allylic oxidation sites excluding steroid dienone is 3. The molecule has 0 amide bonds. The van der Waals surface area contributed by atoms with Gasteiger partial charge in [-0.05, 0) is 49.2 Å². The molecule has 234 valence electrons. The van der Waals surface area contributed by atoms with Crippen molar-refractivity contribution in [3.63, 3.8) is 0 Å². The molecule has 3 aromatic rings. The number of carbonyl (C=O) groups is 2. The fraction of sp³-hybridized carbons (Fsp3) is 0.194. The number of carbonyl (C=O) groups excluding carboxylic acids is 2. The normalized spacial score (nSPS) is 12.9. The van der Waals surface area contributed by atoms with Crippen molar-refractivity contribution in [1.82, 2.24) is 0 Å². The van der Waals surface area contributed by atoms with Gasteiger partial charge in [-0.25, -0.2) is 32.2 Å². The predicted molar refractivity (Wildman–Crippen MR) is 163 cm³/mol. The van der Waals surface area contributed by atoms with Gasteiger partial charge in [-0.2, -0.15) is 0 Å². The van der Waals surface area contributed by atoms with Crippen LogP contribution in [0.2, 0.25) is 0 Å². The Kier molecular flexibility index (Phi) is 13.4. The van der Waals surface area contributed by atoms with E-state index in [1.54, 1.807) is 30.3 Å². The number of esters is 2. The molecule has 0 spiro atoms. The van der Waals surface area contributed by atoms with Gasteiger partial charge in [0.15, 0.2) is 25.1 Å². The van der Waals surface area contributed by atoms with Crippen LogP contribution in [0.5, 0.6) is 0 Å². The summed E-state index contributed by atoms with van der Waals surface area (Å²) in [5, 5.41) is 0.895. The van der Waals surface area contributed by atoms with Gasteiger partial charge in [0, 0.05) is 5.41 Å². The first kappa shape index (κ1) is 38.0. The molecule has 10 nitrogen and oxygen atoms in total. The van der Waals surface area contributed by atoms with Gasteiger partial charge in [-0.3, -0.25) is 9.59 Å². The molecule has 3 rings (SSSR count). The molecule has 0 saturated carbocycles. The van der Waals surface area contributed by atoms with E-state index in [2.05, 4.69) is 6.92 Å². The molecule has 0 radical (unpaired) electrons. The zero-order valence-corrected chi connectivity index (χ0v) is 29.4. The van der Waals surface area contributed by atoms with Crippen LogP contribution in [0.3, 0.4) is 0 Å². The molecule has 0 aromatic heterocycles. The Bertz CT molecular complexity index is 1850. The molecule has 0 bridgehead atoms. The second-order valence-electron chi connectivity index (χ2n) is 9.49. The number of ether oxygens (including phenoxy) is 2. The van der Waals surface area contributed by atoms with Gasteiger partial charge in [0.2, 0.25) is 0 Å². The molecule has 0 atom stereocenters. The van der Waals surface area contributed by atoms with Gasteiger partial charge < -0.3 is 9.47 Å². The van der Waals surface area contributed by atoms with Crippen LogP contribution in [0.4, 0.5) is 0 Å². The fourth-order valence-corrected chi connectivity index (χ4v) is 8.82. The topological polar surface area (TPSA) is 155 Å². The summed E-state index contributed by atoms with van der Waals surface area (Å²) in [6.45, 7) is 3.61. The van der Waals surface area contributed by atoms with Crippen molar-refractivity contribution in [3.05, 3.63) is 119 Å². The van der Waals surface area contributed by atoms with Crippen molar-refractivity contribution in [3.8, 4) is 0 Å². The van der Waals surface area contributed by atoms with Crippen LogP contribution in [-0.2, 0) is 48.6 Å². The molecular formula is C31H31NaO10S3. The molecule has 0 N–H and O–H groups in total. The maximum atomic E-state index is 14.0. The van der Waals surface area contributed by atoms with E-state index in [-0.39, 0.29) is 50.7 Å². The summed E-state index contributed by atoms with van der Waals surface area (Å²) < 4.78 is 90.5. The molecule has 0 aliphatic heterocycles. The largest absolute Gasteiger partial charge is 1.00 e. The second-order valence-corrected chi connectivity index (χ2v) is 15.3. The maximum Gasteiger partial charge on any atom is 1.00 e. The Morgan fingerprint density at radius 1 is 0.689 bits per heavy atom. The standard InChI is InChI=1S/C31H31O10S3.Na/c1-24(43(36,37)26-17-9-5-10-18-26)28(44(38,39)27-19-11-6-12-20-27)23-31(29(32)40-2,30(33)41-3)21-13-14-22-42(34,35)25-15-7-4-8-16-25;/h4-12,14-20,22H,1,13,21,23H2,2-3H3;/q-1;+1/b22-14+,28-24-;. The van der Waals surface area contributed by atoms with E-state index in [1.165, 1.54) is 66.7 Å². The number of benzene rings is 3. The summed E-state index contributed by atoms with van der Waals surface area (Å²) in [5.41, 5.74) is -2.41. The van der Waals surface area contributed by atoms with Gasteiger partial charge in [-0.1, -0.05) is 76.9 Å². The van der Waals surface area contributed by atoms with Gasteiger partial charge >= 0.3 is 41.5 Å². The van der Waals surface area contributed by atoms with Crippen LogP contribution >= 0.6 is 0 Å². The smallest absolute Gasteiger partial charge is 0.468 e. The van der Waals surface area contributed by atoms with E-state index >= 15 is 0 Å². The number of hydrogen-bond acceptors (Lipinski definition) is 10. The molecule has 45 heavy (non-hydrogen) atoms. The molecule has 14 heteroatoms. The average molecular weight is 683 g/mol. The first-order valence-corrected chi connectivity index (χ1v) is 17.5. The van der Waals surface area contributed by atoms with E-state index in [0.717, 1.165) is 19.6 Å². The minimum atomic E-state index is -4.69. The number of sulfone groups is 3. The Balaban J connectivity index is 0.00000705. The molecule has 0 fully saturated rings. The quantitative estimate of drug-likeness (QED) is 0.112. The second kappa shape index (κ2) is 15.9. The number of hydrogen-bond donors (Lipinski definition) is 0. The minimum Gasteiger partial charge on any atom is -0.468 e. The summed E-state index contributed by atoms with van der Waals surface area (Å²) in [6, 6.07) is 21.3. The SMILES string of the molecule is [CH2-]/C(=C(\CC(CC/C=C/S(=O)(=O)c1ccccc1)(C(=O)OC)C(=O)OC)S(=O)(=O)c1ccccc1)S(=O)(=O)c1ccccc1.[Na+]. The van der Waals surface area contributed by atoms with Gasteiger partial charge in [0.25, 0.3) is 0 Å². The van der Waals surface area contributed by atoms with Crippen LogP contribution in [0.25, 0.3) is 0 Å². The van der Waals surface area contributed by atoms with Crippen molar-refractivity contribution < 1.29 is 73.9 Å². The van der Waals surface area contributed by atoms with Crippen molar-refractivity contribution >= 4 is 41.5 Å². The molecular weight excluding hydrogens is 652 g/mol. The van der Waals surface area contributed by atoms with Crippen molar-refractivity contribution in [2.24, 2.45) is 5.41 Å². The third-order valence-electron chi connectivity index (χ3n) is 6.77. The first-order valence-electron chi connectivity index (χ1n) is 13.0. The van der Waals surface area contributed by atoms with Crippen LogP contribution in [-0.4, -0.2) is 51.4 Å². The van der Waals surface area contributed by atoms with E-state index in [1.807, 2.05) is 0 Å². The van der Waals surface area contributed by atoms with Gasteiger partial charge in [0.05, 0.1) is 28.9 Å². The zero-order valence-electron chi connectivity index (χ0n) is 25.0. The molecule has 0 saturated heterocycles. The summed E-state index contributed by atoms with van der Waals surface area (Å²) in [5.74, 6) is -2.43. The Hall–Kier alpha value is -3.20. The Morgan fingerprint density at radius 3 is 1.51 bits per heavy atom. The number of rotatable bonds is 13. The summed E-state index contributed by atoms with van der Waals surface area (Å²) in [7, 11) is -11.2. The summed E-state index contributed by atoms with van der Waals surface area (Å²) in [4.78, 5) is 24.4. The molecule has 0 aliphatic rings. The van der Waals surface area contributed by atoms with Crippen LogP contribution in [0.1, 0.15) is 19.3 Å². The molecule has 3 aromatic carbocycles. The van der Waals surface area contributed by atoms with Gasteiger partial charge in [0.1, 0.15) is 9.84 Å². The van der Waals surface area contributed by atoms with E-state index in [9.17, 15) is 34.8 Å². The molecule has 0 heterocycles. The third kappa shape index (κ3) is 8.54. The minimum absolute atomic E-state index is 0. The number of methoxy groups -OCH3 is 2. The van der Waals surface area contributed by atoms with Crippen molar-refractivity contribution in [2.45, 2.75) is 33.9 Å². The fourth-order valence-electron chi connectivity index (χ4n) is 4.38. The monoisotopic (exact) mass is 682 g/mol. The Morgan fingerprint density at radius 2 is 1.09 bits per heavy atom. The Labute approximate surface area is 286 Å². The molecule has 0 aliphatic carbocycles. The van der Waals surface area contributed by atoms with Crippen LogP contribution in [0.15, 0.2) is 127 Å². The van der Waals surface area contributed by atoms with E-state index in [4.69, 9.17) is 9.47 Å². The molecule has 0 unspecified atom stereocenters. The average Bonchev–Trinajstić information content (AvgIpc) is 3.04. The van der Waals surface area contributed by atoms with Crippen LogP contribution < -0.4 is 29.6 Å². The first-order chi connectivity index (χ1) is 20.7. The third-order valence-corrected chi connectivity index (χ3v) is 12.1. The van der Waals surface area contributed by atoms with E-state index < -0.39 is 69.5 Å². The summed E-state index contributed by atoms with van der Waals surface area (Å²) >= 11 is 0. The van der Waals surface area contributed by atoms with Crippen molar-refractivity contribution in [1.29, 1.82) is 0 Å². The zero-order chi connectivity index (χ0) is 32.6. The van der Waals surface area contributed by atoms with Crippen molar-refractivity contribution in [2.75, 3.05) is 14.2 Å². The van der Waals surface area contributed by atoms with E-state index in [0.29, 0.717) is 0 Å². The predicted octanol–water partition coefficient (Wildman–Crippen LogP) is 1.47. The summed E-state index contributed by atoms with van der Waals surface area (Å²) in [6.07, 6.45) is -0.552. The maximum absolute atomic E-state index is 14.0. The van der Waals surface area contributed by atoms with Gasteiger partial charge in [-0.15, -0.1) is 0 Å².